The third-order valence-corrected chi connectivity index (χ3v) is 1.89. The molecule has 0 radical (unpaired) electrons. The molecule has 60 valence electrons. The molecule has 0 amide bonds. The molecule has 1 aromatic heterocycles. The minimum Gasteiger partial charge on any atom is -0.321 e. The largest absolute Gasteiger partial charge is 0.321 e. The molecule has 3 heteroatoms. The van der Waals surface area contributed by atoms with Gasteiger partial charge in [0, 0.05) is 18.3 Å². The van der Waals surface area contributed by atoms with Crippen LogP contribution in [0.25, 0.3) is 0 Å². The van der Waals surface area contributed by atoms with Gasteiger partial charge in [-0.2, -0.15) is 5.10 Å². The highest BCUT2D eigenvalue weighted by atomic mass is 15.3. The van der Waals surface area contributed by atoms with Gasteiger partial charge in [-0.05, 0) is 6.92 Å². The Labute approximate surface area is 66.5 Å². The number of nitrogens with zero attached hydrogens (tertiary/aromatic N) is 2. The summed E-state index contributed by atoms with van der Waals surface area (Å²) in [6.45, 7) is 5.62. The van der Waals surface area contributed by atoms with Crippen molar-refractivity contribution in [3.8, 4) is 0 Å². The van der Waals surface area contributed by atoms with Crippen molar-refractivity contribution in [2.75, 3.05) is 0 Å². The van der Waals surface area contributed by atoms with E-state index in [-0.39, 0.29) is 6.04 Å². The monoisotopic (exact) mass is 151 g/mol. The van der Waals surface area contributed by atoms with Crippen molar-refractivity contribution >= 4 is 0 Å². The number of aryl methyl sites for hydroxylation is 1. The van der Waals surface area contributed by atoms with Crippen molar-refractivity contribution in [3.63, 3.8) is 0 Å². The van der Waals surface area contributed by atoms with Crippen LogP contribution in [0.5, 0.6) is 0 Å². The maximum Gasteiger partial charge on any atom is 0.0543 e. The van der Waals surface area contributed by atoms with E-state index in [9.17, 15) is 0 Å². The Hall–Kier alpha value is -1.09. The number of aromatic nitrogens is 2. The summed E-state index contributed by atoms with van der Waals surface area (Å²) in [5.41, 5.74) is 7.88. The van der Waals surface area contributed by atoms with Gasteiger partial charge in [-0.1, -0.05) is 6.08 Å². The van der Waals surface area contributed by atoms with Gasteiger partial charge < -0.3 is 5.73 Å². The number of hydrogen-bond acceptors (Lipinski definition) is 2. The Morgan fingerprint density at radius 3 is 2.82 bits per heavy atom. The van der Waals surface area contributed by atoms with E-state index in [1.54, 1.807) is 17.0 Å². The molecule has 1 aromatic rings. The summed E-state index contributed by atoms with van der Waals surface area (Å²) in [5.74, 6) is 0. The molecule has 2 N–H and O–H groups in total. The molecule has 0 saturated carbocycles. The Morgan fingerprint density at radius 2 is 2.45 bits per heavy atom. The van der Waals surface area contributed by atoms with E-state index in [1.807, 2.05) is 14.0 Å². The molecule has 0 aliphatic heterocycles. The van der Waals surface area contributed by atoms with Crippen molar-refractivity contribution in [2.24, 2.45) is 12.8 Å². The first-order valence-electron chi connectivity index (χ1n) is 3.53. The first kappa shape index (κ1) is 8.01. The summed E-state index contributed by atoms with van der Waals surface area (Å²) in [5, 5.41) is 4.07. The normalized spacial score (nSPS) is 13.0. The summed E-state index contributed by atoms with van der Waals surface area (Å²) >= 11 is 0. The zero-order valence-corrected chi connectivity index (χ0v) is 6.91. The molecule has 1 heterocycles. The van der Waals surface area contributed by atoms with Crippen molar-refractivity contribution in [1.82, 2.24) is 9.78 Å². The maximum atomic E-state index is 5.74. The molecule has 0 spiro atoms. The minimum atomic E-state index is -0.0938. The van der Waals surface area contributed by atoms with Gasteiger partial charge in [0.2, 0.25) is 0 Å². The van der Waals surface area contributed by atoms with Gasteiger partial charge in [-0.15, -0.1) is 6.58 Å². The van der Waals surface area contributed by atoms with Gasteiger partial charge in [0.05, 0.1) is 12.2 Å². The second-order valence-corrected chi connectivity index (χ2v) is 2.57. The molecule has 1 unspecified atom stereocenters. The minimum absolute atomic E-state index is 0.0938. The Kier molecular flexibility index (Phi) is 2.10. The first-order valence-corrected chi connectivity index (χ1v) is 3.53. The van der Waals surface area contributed by atoms with Crippen molar-refractivity contribution < 1.29 is 0 Å². The fourth-order valence-electron chi connectivity index (χ4n) is 0.970. The van der Waals surface area contributed by atoms with Crippen LogP contribution in [0.1, 0.15) is 17.3 Å². The summed E-state index contributed by atoms with van der Waals surface area (Å²) in [7, 11) is 1.90. The molecule has 0 saturated heterocycles. The highest BCUT2D eigenvalue weighted by Crippen LogP contribution is 2.14. The third kappa shape index (κ3) is 1.33. The van der Waals surface area contributed by atoms with Crippen LogP contribution in [0.15, 0.2) is 18.9 Å². The Bertz CT molecular complexity index is 262. The average Bonchev–Trinajstić information content (AvgIpc) is 2.32. The summed E-state index contributed by atoms with van der Waals surface area (Å²) in [6.07, 6.45) is 3.49. The molecule has 1 rings (SSSR count). The highest BCUT2D eigenvalue weighted by molar-refractivity contribution is 5.23. The smallest absolute Gasteiger partial charge is 0.0543 e. The van der Waals surface area contributed by atoms with E-state index in [4.69, 9.17) is 5.73 Å². The van der Waals surface area contributed by atoms with Crippen LogP contribution in [0, 0.1) is 6.92 Å². The predicted octanol–water partition coefficient (Wildman–Crippen LogP) is 0.914. The van der Waals surface area contributed by atoms with Gasteiger partial charge >= 0.3 is 0 Å². The number of nitrogens with two attached hydrogens (primary N) is 1. The molecule has 0 fully saturated rings. The molecular weight excluding hydrogens is 138 g/mol. The second-order valence-electron chi connectivity index (χ2n) is 2.57. The zero-order chi connectivity index (χ0) is 8.43. The van der Waals surface area contributed by atoms with Crippen LogP contribution in [-0.4, -0.2) is 9.78 Å². The summed E-state index contributed by atoms with van der Waals surface area (Å²) < 4.78 is 1.80. The van der Waals surface area contributed by atoms with Crippen molar-refractivity contribution in [1.29, 1.82) is 0 Å². The predicted molar refractivity (Wildman–Crippen MR) is 45.1 cm³/mol. The Balaban J connectivity index is 3.03. The zero-order valence-electron chi connectivity index (χ0n) is 6.91. The van der Waals surface area contributed by atoms with Gasteiger partial charge in [0.1, 0.15) is 0 Å². The van der Waals surface area contributed by atoms with E-state index < -0.39 is 0 Å². The molecule has 1 atom stereocenters. The van der Waals surface area contributed by atoms with E-state index in [1.165, 1.54) is 0 Å². The fraction of sp³-hybridized carbons (Fsp3) is 0.375. The molecule has 0 aromatic carbocycles. The number of hydrogen-bond donors (Lipinski definition) is 1. The number of rotatable bonds is 2. The SMILES string of the molecule is C=CC(N)c1cnn(C)c1C. The van der Waals surface area contributed by atoms with Crippen molar-refractivity contribution in [2.45, 2.75) is 13.0 Å². The quantitative estimate of drug-likeness (QED) is 0.638. The molecule has 0 aliphatic carbocycles. The molecule has 0 aliphatic rings. The maximum absolute atomic E-state index is 5.74. The van der Waals surface area contributed by atoms with Gasteiger partial charge in [0.25, 0.3) is 0 Å². The van der Waals surface area contributed by atoms with E-state index in [2.05, 4.69) is 11.7 Å². The average molecular weight is 151 g/mol. The fourth-order valence-corrected chi connectivity index (χ4v) is 0.970. The lowest BCUT2D eigenvalue weighted by atomic mass is 10.1. The van der Waals surface area contributed by atoms with E-state index >= 15 is 0 Å². The van der Waals surface area contributed by atoms with Crippen LogP contribution in [0.3, 0.4) is 0 Å². The van der Waals surface area contributed by atoms with E-state index in [0.29, 0.717) is 0 Å². The van der Waals surface area contributed by atoms with Crippen LogP contribution in [0.2, 0.25) is 0 Å². The lowest BCUT2D eigenvalue weighted by Gasteiger charge is -2.03. The molecule has 0 bridgehead atoms. The molecule has 11 heavy (non-hydrogen) atoms. The van der Waals surface area contributed by atoms with Crippen LogP contribution < -0.4 is 5.73 Å². The third-order valence-electron chi connectivity index (χ3n) is 1.89. The van der Waals surface area contributed by atoms with Gasteiger partial charge in [0.15, 0.2) is 0 Å². The Morgan fingerprint density at radius 1 is 1.82 bits per heavy atom. The standard InChI is InChI=1S/C8H13N3/c1-4-8(9)7-5-10-11(3)6(7)2/h4-5,8H,1,9H2,2-3H3. The first-order chi connectivity index (χ1) is 5.16. The van der Waals surface area contributed by atoms with Gasteiger partial charge in [-0.3, -0.25) is 4.68 Å². The van der Waals surface area contributed by atoms with E-state index in [0.717, 1.165) is 11.3 Å². The lowest BCUT2D eigenvalue weighted by Crippen LogP contribution is -2.07. The summed E-state index contributed by atoms with van der Waals surface area (Å²) in [6, 6.07) is -0.0938. The lowest BCUT2D eigenvalue weighted by molar-refractivity contribution is 0.735. The molecular formula is C8H13N3. The topological polar surface area (TPSA) is 43.8 Å². The van der Waals surface area contributed by atoms with Crippen LogP contribution in [-0.2, 0) is 7.05 Å². The van der Waals surface area contributed by atoms with Gasteiger partial charge in [-0.25, -0.2) is 0 Å². The highest BCUT2D eigenvalue weighted by Gasteiger charge is 2.07. The van der Waals surface area contributed by atoms with Crippen LogP contribution in [0.4, 0.5) is 0 Å². The summed E-state index contributed by atoms with van der Waals surface area (Å²) in [4.78, 5) is 0. The van der Waals surface area contributed by atoms with Crippen LogP contribution >= 0.6 is 0 Å². The van der Waals surface area contributed by atoms with Crippen molar-refractivity contribution in [3.05, 3.63) is 30.1 Å². The second kappa shape index (κ2) is 2.88. The molecule has 3 nitrogen and oxygen atoms in total.